The fourth-order valence-corrected chi connectivity index (χ4v) is 1.82. The molecule has 1 heteroatoms. The van der Waals surface area contributed by atoms with E-state index < -0.39 is 0 Å². The Labute approximate surface area is 80.5 Å². The summed E-state index contributed by atoms with van der Waals surface area (Å²) in [6, 6.07) is 0. The number of rotatable bonds is 3. The number of hydrogen-bond acceptors (Lipinski definition) is 1. The van der Waals surface area contributed by atoms with Crippen LogP contribution in [0.25, 0.3) is 0 Å². The minimum Gasteiger partial charge on any atom is -0.303 e. The Morgan fingerprint density at radius 2 is 2.46 bits per heavy atom. The van der Waals surface area contributed by atoms with Gasteiger partial charge in [0.2, 0.25) is 0 Å². The quantitative estimate of drug-likeness (QED) is 0.479. The summed E-state index contributed by atoms with van der Waals surface area (Å²) in [6.07, 6.45) is 6.59. The molecule has 0 radical (unpaired) electrons. The zero-order chi connectivity index (χ0) is 9.84. The minimum atomic E-state index is 0.0992. The van der Waals surface area contributed by atoms with E-state index in [4.69, 9.17) is 0 Å². The molecule has 0 N–H and O–H groups in total. The fraction of sp³-hybridized carbons (Fsp3) is 0.583. The van der Waals surface area contributed by atoms with Crippen molar-refractivity contribution in [2.45, 2.75) is 33.1 Å². The summed E-state index contributed by atoms with van der Waals surface area (Å²) in [6.45, 7) is 8.04. The van der Waals surface area contributed by atoms with E-state index in [0.29, 0.717) is 5.92 Å². The first-order valence-electron chi connectivity index (χ1n) is 4.94. The molecule has 0 spiro atoms. The molecule has 0 saturated heterocycles. The van der Waals surface area contributed by atoms with E-state index in [-0.39, 0.29) is 5.92 Å². The summed E-state index contributed by atoms with van der Waals surface area (Å²) in [7, 11) is 0. The molecule has 0 fully saturated rings. The smallest absolute Gasteiger partial charge is 0.126 e. The third kappa shape index (κ3) is 2.55. The second-order valence-corrected chi connectivity index (χ2v) is 4.03. The first-order chi connectivity index (χ1) is 6.15. The van der Waals surface area contributed by atoms with Crippen LogP contribution in [0.2, 0.25) is 0 Å². The van der Waals surface area contributed by atoms with Crippen LogP contribution in [0.1, 0.15) is 33.1 Å². The maximum Gasteiger partial charge on any atom is 0.126 e. The molecule has 0 saturated carbocycles. The topological polar surface area (TPSA) is 17.1 Å². The average Bonchev–Trinajstić information content (AvgIpc) is 2.17. The van der Waals surface area contributed by atoms with E-state index in [9.17, 15) is 4.79 Å². The lowest BCUT2D eigenvalue weighted by molar-refractivity contribution is -0.109. The lowest BCUT2D eigenvalue weighted by atomic mass is 9.81. The van der Waals surface area contributed by atoms with Crippen LogP contribution >= 0.6 is 0 Å². The van der Waals surface area contributed by atoms with Gasteiger partial charge in [-0.25, -0.2) is 0 Å². The Kier molecular flexibility index (Phi) is 3.47. The van der Waals surface area contributed by atoms with Crippen LogP contribution in [0.15, 0.2) is 23.8 Å². The minimum absolute atomic E-state index is 0.0992. The number of aldehydes is 1. The molecule has 72 valence electrons. The largest absolute Gasteiger partial charge is 0.303 e. The van der Waals surface area contributed by atoms with E-state index in [1.54, 1.807) is 0 Å². The molecule has 1 nitrogen and oxygen atoms in total. The standard InChI is InChI=1S/C12H18O/c1-9(2)11-5-4-6-12(7-11)10(3)8-13/h6,8,10-11H,1,4-5,7H2,2-3H3/t10?,11-/m1/s1. The highest BCUT2D eigenvalue weighted by Crippen LogP contribution is 2.31. The third-order valence-corrected chi connectivity index (χ3v) is 2.89. The van der Waals surface area contributed by atoms with Gasteiger partial charge in [-0.1, -0.05) is 30.7 Å². The number of carbonyl (C=O) groups excluding carboxylic acids is 1. The molecule has 1 rings (SSSR count). The predicted molar refractivity (Wildman–Crippen MR) is 55.5 cm³/mol. The highest BCUT2D eigenvalue weighted by atomic mass is 16.1. The zero-order valence-electron chi connectivity index (χ0n) is 8.55. The Hall–Kier alpha value is -0.850. The van der Waals surface area contributed by atoms with Gasteiger partial charge >= 0.3 is 0 Å². The molecule has 0 bridgehead atoms. The van der Waals surface area contributed by atoms with Crippen molar-refractivity contribution in [2.75, 3.05) is 0 Å². The molecule has 1 unspecified atom stereocenters. The van der Waals surface area contributed by atoms with E-state index >= 15 is 0 Å². The van der Waals surface area contributed by atoms with Crippen LogP contribution in [-0.4, -0.2) is 6.29 Å². The Balaban J connectivity index is 2.64. The first-order valence-corrected chi connectivity index (χ1v) is 4.94. The van der Waals surface area contributed by atoms with Crippen molar-refractivity contribution in [1.29, 1.82) is 0 Å². The summed E-state index contributed by atoms with van der Waals surface area (Å²) < 4.78 is 0. The van der Waals surface area contributed by atoms with Gasteiger partial charge in [0, 0.05) is 5.92 Å². The van der Waals surface area contributed by atoms with E-state index in [1.165, 1.54) is 17.6 Å². The molecule has 2 atom stereocenters. The van der Waals surface area contributed by atoms with Gasteiger partial charge < -0.3 is 4.79 Å². The van der Waals surface area contributed by atoms with Crippen LogP contribution in [0.3, 0.4) is 0 Å². The Bertz CT molecular complexity index is 238. The van der Waals surface area contributed by atoms with Gasteiger partial charge in [-0.05, 0) is 32.1 Å². The average molecular weight is 178 g/mol. The summed E-state index contributed by atoms with van der Waals surface area (Å²) in [4.78, 5) is 10.6. The van der Waals surface area contributed by atoms with Gasteiger partial charge in [0.25, 0.3) is 0 Å². The van der Waals surface area contributed by atoms with E-state index in [2.05, 4.69) is 19.6 Å². The number of carbonyl (C=O) groups is 1. The monoisotopic (exact) mass is 178 g/mol. The molecular formula is C12H18O. The molecule has 1 aliphatic rings. The molecule has 0 aromatic rings. The molecule has 0 aromatic heterocycles. The van der Waals surface area contributed by atoms with Gasteiger partial charge in [0.05, 0.1) is 0 Å². The summed E-state index contributed by atoms with van der Waals surface area (Å²) >= 11 is 0. The summed E-state index contributed by atoms with van der Waals surface area (Å²) in [5.74, 6) is 0.699. The van der Waals surface area contributed by atoms with Crippen LogP contribution in [0.5, 0.6) is 0 Å². The summed E-state index contributed by atoms with van der Waals surface area (Å²) in [5, 5.41) is 0. The number of allylic oxidation sites excluding steroid dienone is 3. The number of hydrogen-bond donors (Lipinski definition) is 0. The van der Waals surface area contributed by atoms with Crippen LogP contribution in [0.4, 0.5) is 0 Å². The molecule has 0 aromatic carbocycles. The van der Waals surface area contributed by atoms with Gasteiger partial charge in [0.1, 0.15) is 6.29 Å². The van der Waals surface area contributed by atoms with Gasteiger partial charge in [-0.2, -0.15) is 0 Å². The Morgan fingerprint density at radius 1 is 1.77 bits per heavy atom. The SMILES string of the molecule is C=C(C)[C@@H]1CCC=C(C(C)C=O)C1. The zero-order valence-corrected chi connectivity index (χ0v) is 8.55. The molecule has 0 amide bonds. The van der Waals surface area contributed by atoms with Crippen molar-refractivity contribution in [3.8, 4) is 0 Å². The molecule has 0 aliphatic heterocycles. The second kappa shape index (κ2) is 4.40. The molecular weight excluding hydrogens is 160 g/mol. The van der Waals surface area contributed by atoms with Crippen LogP contribution in [-0.2, 0) is 4.79 Å². The van der Waals surface area contributed by atoms with Crippen LogP contribution in [0, 0.1) is 11.8 Å². The second-order valence-electron chi connectivity index (χ2n) is 4.03. The third-order valence-electron chi connectivity index (χ3n) is 2.89. The summed E-state index contributed by atoms with van der Waals surface area (Å²) in [5.41, 5.74) is 2.55. The van der Waals surface area contributed by atoms with Gasteiger partial charge in [-0.3, -0.25) is 0 Å². The maximum absolute atomic E-state index is 10.6. The normalized spacial score (nSPS) is 24.8. The molecule has 1 aliphatic carbocycles. The fourth-order valence-electron chi connectivity index (χ4n) is 1.82. The first kappa shape index (κ1) is 10.2. The highest BCUT2D eigenvalue weighted by molar-refractivity contribution is 5.58. The van der Waals surface area contributed by atoms with Crippen molar-refractivity contribution < 1.29 is 4.79 Å². The van der Waals surface area contributed by atoms with Crippen molar-refractivity contribution >= 4 is 6.29 Å². The van der Waals surface area contributed by atoms with Crippen molar-refractivity contribution in [3.05, 3.63) is 23.8 Å². The predicted octanol–water partition coefficient (Wildman–Crippen LogP) is 3.12. The Morgan fingerprint density at radius 3 is 3.00 bits per heavy atom. The van der Waals surface area contributed by atoms with Crippen LogP contribution < -0.4 is 0 Å². The van der Waals surface area contributed by atoms with Crippen molar-refractivity contribution in [2.24, 2.45) is 11.8 Å². The molecule has 13 heavy (non-hydrogen) atoms. The van der Waals surface area contributed by atoms with Gasteiger partial charge in [0.15, 0.2) is 0 Å². The van der Waals surface area contributed by atoms with Crippen molar-refractivity contribution in [1.82, 2.24) is 0 Å². The van der Waals surface area contributed by atoms with E-state index in [0.717, 1.165) is 19.1 Å². The van der Waals surface area contributed by atoms with Gasteiger partial charge in [-0.15, -0.1) is 0 Å². The molecule has 0 heterocycles. The maximum atomic E-state index is 10.6. The lowest BCUT2D eigenvalue weighted by Crippen LogP contribution is -2.12. The van der Waals surface area contributed by atoms with E-state index in [1.807, 2.05) is 6.92 Å². The van der Waals surface area contributed by atoms with Crippen molar-refractivity contribution in [3.63, 3.8) is 0 Å². The highest BCUT2D eigenvalue weighted by Gasteiger charge is 2.18. The lowest BCUT2D eigenvalue weighted by Gasteiger charge is -2.24.